The van der Waals surface area contributed by atoms with Gasteiger partial charge in [-0.2, -0.15) is 0 Å². The number of rotatable bonds is 7. The predicted molar refractivity (Wildman–Crippen MR) is 115 cm³/mol. The average molecular weight is 490 g/mol. The number of methoxy groups -OCH3 is 1. The van der Waals surface area contributed by atoms with Gasteiger partial charge in [-0.3, -0.25) is 9.69 Å². The second-order valence-electron chi connectivity index (χ2n) is 6.02. The zero-order valence-corrected chi connectivity index (χ0v) is 17.4. The van der Waals surface area contributed by atoms with Crippen molar-refractivity contribution in [3.63, 3.8) is 0 Å². The lowest BCUT2D eigenvalue weighted by atomic mass is 10.1. The Morgan fingerprint density at radius 2 is 1.89 bits per heavy atom. The summed E-state index contributed by atoms with van der Waals surface area (Å²) < 4.78 is 12.4. The van der Waals surface area contributed by atoms with Crippen molar-refractivity contribution < 1.29 is 19.1 Å². The van der Waals surface area contributed by atoms with E-state index in [9.17, 15) is 9.59 Å². The molecule has 2 aromatic carbocycles. The number of amides is 3. The van der Waals surface area contributed by atoms with Crippen LogP contribution in [0.4, 0.5) is 4.79 Å². The predicted octanol–water partition coefficient (Wildman–Crippen LogP) is 3.96. The van der Waals surface area contributed by atoms with Crippen LogP contribution in [0.2, 0.25) is 0 Å². The molecule has 1 saturated heterocycles. The first-order chi connectivity index (χ1) is 13.5. The molecule has 3 rings (SSSR count). The van der Waals surface area contributed by atoms with E-state index >= 15 is 0 Å². The number of halogens is 1. The quantitative estimate of drug-likeness (QED) is 0.276. The maximum absolute atomic E-state index is 12.3. The highest BCUT2D eigenvalue weighted by molar-refractivity contribution is 14.1. The zero-order chi connectivity index (χ0) is 20.1. The number of carbonyl (C=O) groups is 2. The molecule has 0 unspecified atom stereocenters. The van der Waals surface area contributed by atoms with Crippen molar-refractivity contribution in [2.75, 3.05) is 13.7 Å². The van der Waals surface area contributed by atoms with Crippen molar-refractivity contribution in [3.8, 4) is 11.5 Å². The Morgan fingerprint density at radius 3 is 2.57 bits per heavy atom. The largest absolute Gasteiger partial charge is 0.493 e. The summed E-state index contributed by atoms with van der Waals surface area (Å²) in [5.41, 5.74) is 1.97. The molecule has 1 N–H and O–H groups in total. The van der Waals surface area contributed by atoms with Gasteiger partial charge < -0.3 is 14.8 Å². The highest BCUT2D eigenvalue weighted by Crippen LogP contribution is 2.30. The molecule has 6 nitrogen and oxygen atoms in total. The summed E-state index contributed by atoms with van der Waals surface area (Å²) in [6, 6.07) is 12.9. The van der Waals surface area contributed by atoms with Gasteiger partial charge in [0, 0.05) is 10.1 Å². The first-order valence-electron chi connectivity index (χ1n) is 8.52. The normalized spacial score (nSPS) is 14.9. The first kappa shape index (κ1) is 19.9. The summed E-state index contributed by atoms with van der Waals surface area (Å²) in [7, 11) is 1.55. The first-order valence-corrected chi connectivity index (χ1v) is 9.60. The fourth-order valence-electron chi connectivity index (χ4n) is 2.67. The summed E-state index contributed by atoms with van der Waals surface area (Å²) in [5, 5.41) is 2.57. The standard InChI is InChI=1S/C21H19IN2O4/c1-3-10-24-20(25)17(23-21(24)26)11-15-6-9-18(19(12-15)27-2)28-13-14-4-7-16(22)8-5-14/h3-9,11-12H,1,10,13H2,2H3,(H,23,26)/b17-11+. The van der Waals surface area contributed by atoms with E-state index in [1.54, 1.807) is 31.4 Å². The molecule has 7 heteroatoms. The number of urea groups is 1. The molecule has 1 aliphatic rings. The monoisotopic (exact) mass is 490 g/mol. The highest BCUT2D eigenvalue weighted by Gasteiger charge is 2.32. The molecule has 0 aliphatic carbocycles. The Hall–Kier alpha value is -2.81. The molecule has 0 radical (unpaired) electrons. The maximum Gasteiger partial charge on any atom is 0.329 e. The van der Waals surface area contributed by atoms with Gasteiger partial charge in [0.1, 0.15) is 12.3 Å². The molecule has 0 aromatic heterocycles. The molecule has 0 bridgehead atoms. The van der Waals surface area contributed by atoms with Crippen molar-refractivity contribution >= 4 is 40.6 Å². The third kappa shape index (κ3) is 4.53. The summed E-state index contributed by atoms with van der Waals surface area (Å²) in [5.74, 6) is 0.751. The van der Waals surface area contributed by atoms with E-state index in [2.05, 4.69) is 34.5 Å². The number of carbonyl (C=O) groups excluding carboxylic acids is 2. The molecule has 144 valence electrons. The van der Waals surface area contributed by atoms with Gasteiger partial charge in [0.05, 0.1) is 7.11 Å². The molecule has 3 amide bonds. The van der Waals surface area contributed by atoms with E-state index in [-0.39, 0.29) is 18.1 Å². The van der Waals surface area contributed by atoms with E-state index < -0.39 is 6.03 Å². The van der Waals surface area contributed by atoms with E-state index in [1.165, 1.54) is 6.08 Å². The van der Waals surface area contributed by atoms with Gasteiger partial charge in [-0.15, -0.1) is 6.58 Å². The zero-order valence-electron chi connectivity index (χ0n) is 15.3. The van der Waals surface area contributed by atoms with Crippen molar-refractivity contribution in [2.45, 2.75) is 6.61 Å². The number of ether oxygens (including phenoxy) is 2. The number of nitrogens with one attached hydrogen (secondary N) is 1. The van der Waals surface area contributed by atoms with Crippen LogP contribution in [0.5, 0.6) is 11.5 Å². The van der Waals surface area contributed by atoms with Crippen LogP contribution in [-0.4, -0.2) is 30.5 Å². The minimum Gasteiger partial charge on any atom is -0.493 e. The fourth-order valence-corrected chi connectivity index (χ4v) is 3.03. The van der Waals surface area contributed by atoms with Gasteiger partial charge in [0.15, 0.2) is 11.5 Å². The van der Waals surface area contributed by atoms with Crippen molar-refractivity contribution in [1.82, 2.24) is 10.2 Å². The second-order valence-corrected chi connectivity index (χ2v) is 7.26. The van der Waals surface area contributed by atoms with Crippen molar-refractivity contribution in [3.05, 3.63) is 75.5 Å². The third-order valence-corrected chi connectivity index (χ3v) is 4.80. The van der Waals surface area contributed by atoms with Crippen LogP contribution >= 0.6 is 22.6 Å². The van der Waals surface area contributed by atoms with Gasteiger partial charge in [0.2, 0.25) is 0 Å². The summed E-state index contributed by atoms with van der Waals surface area (Å²) in [6.45, 7) is 4.13. The Kier molecular flexibility index (Phi) is 6.35. The minimum atomic E-state index is -0.458. The summed E-state index contributed by atoms with van der Waals surface area (Å²) in [4.78, 5) is 25.2. The van der Waals surface area contributed by atoms with Gasteiger partial charge in [0.25, 0.3) is 5.91 Å². The number of hydrogen-bond donors (Lipinski definition) is 1. The van der Waals surface area contributed by atoms with Gasteiger partial charge >= 0.3 is 6.03 Å². The molecule has 28 heavy (non-hydrogen) atoms. The Morgan fingerprint density at radius 1 is 1.14 bits per heavy atom. The molecular formula is C21H19IN2O4. The van der Waals surface area contributed by atoms with Crippen LogP contribution in [0.25, 0.3) is 6.08 Å². The lowest BCUT2D eigenvalue weighted by molar-refractivity contribution is -0.122. The van der Waals surface area contributed by atoms with Gasteiger partial charge in [-0.05, 0) is 64.1 Å². The number of imide groups is 1. The van der Waals surface area contributed by atoms with Crippen molar-refractivity contribution in [2.24, 2.45) is 0 Å². The van der Waals surface area contributed by atoms with Crippen LogP contribution in [0.1, 0.15) is 11.1 Å². The van der Waals surface area contributed by atoms with Crippen LogP contribution in [0.15, 0.2) is 60.8 Å². The number of hydrogen-bond acceptors (Lipinski definition) is 4. The van der Waals surface area contributed by atoms with Crippen LogP contribution < -0.4 is 14.8 Å². The van der Waals surface area contributed by atoms with Crippen molar-refractivity contribution in [1.29, 1.82) is 0 Å². The number of benzene rings is 2. The Labute approximate surface area is 177 Å². The molecule has 0 saturated carbocycles. The smallest absolute Gasteiger partial charge is 0.329 e. The maximum atomic E-state index is 12.3. The van der Waals surface area contributed by atoms with Crippen LogP contribution in [0.3, 0.4) is 0 Å². The van der Waals surface area contributed by atoms with E-state index in [0.29, 0.717) is 23.7 Å². The lowest BCUT2D eigenvalue weighted by Crippen LogP contribution is -2.30. The molecule has 2 aromatic rings. The minimum absolute atomic E-state index is 0.163. The average Bonchev–Trinajstić information content (AvgIpc) is 2.96. The summed E-state index contributed by atoms with van der Waals surface area (Å²) in [6.07, 6.45) is 3.11. The SMILES string of the molecule is C=CCN1C(=O)N/C(=C/c2ccc(OCc3ccc(I)cc3)c(OC)c2)C1=O. The Balaban J connectivity index is 1.76. The molecule has 0 atom stereocenters. The molecule has 0 spiro atoms. The second kappa shape index (κ2) is 8.92. The highest BCUT2D eigenvalue weighted by atomic mass is 127. The molecular weight excluding hydrogens is 471 g/mol. The van der Waals surface area contributed by atoms with Gasteiger partial charge in [-0.25, -0.2) is 4.79 Å². The lowest BCUT2D eigenvalue weighted by Gasteiger charge is -2.12. The molecule has 1 aliphatic heterocycles. The fraction of sp³-hybridized carbons (Fsp3) is 0.143. The summed E-state index contributed by atoms with van der Waals surface area (Å²) >= 11 is 2.26. The number of nitrogens with zero attached hydrogens (tertiary/aromatic N) is 1. The van der Waals surface area contributed by atoms with E-state index in [4.69, 9.17) is 9.47 Å². The van der Waals surface area contributed by atoms with E-state index in [1.807, 2.05) is 24.3 Å². The van der Waals surface area contributed by atoms with E-state index in [0.717, 1.165) is 14.0 Å². The van der Waals surface area contributed by atoms with Gasteiger partial charge in [-0.1, -0.05) is 24.3 Å². The topological polar surface area (TPSA) is 67.9 Å². The molecule has 1 heterocycles. The van der Waals surface area contributed by atoms with Crippen LogP contribution in [-0.2, 0) is 11.4 Å². The Bertz CT molecular complexity index is 938. The van der Waals surface area contributed by atoms with Crippen LogP contribution in [0, 0.1) is 3.57 Å². The third-order valence-electron chi connectivity index (χ3n) is 4.08. The molecule has 1 fully saturated rings.